The number of nitrogens with zero attached hydrogens (tertiary/aromatic N) is 1. The Labute approximate surface area is 316 Å². The minimum Gasteiger partial charge on any atom is -0.481 e. The van der Waals surface area contributed by atoms with Crippen molar-refractivity contribution in [1.29, 1.82) is 0 Å². The molecule has 310 valence electrons. The fraction of sp³-hybridized carbons (Fsp3) is 0.758. The molecule has 21 heteroatoms. The average molecular weight is 773 g/mol. The van der Waals surface area contributed by atoms with E-state index in [1.54, 1.807) is 13.8 Å². The number of carboxylic acids is 2. The smallest absolute Gasteiger partial charge is 0.326 e. The summed E-state index contributed by atoms with van der Waals surface area (Å²) in [4.78, 5) is 93.8. The van der Waals surface area contributed by atoms with Crippen molar-refractivity contribution in [3.63, 3.8) is 0 Å². The largest absolute Gasteiger partial charge is 0.481 e. The van der Waals surface area contributed by atoms with Gasteiger partial charge in [0.1, 0.15) is 30.2 Å². The van der Waals surface area contributed by atoms with Crippen LogP contribution in [0.15, 0.2) is 4.99 Å². The Kier molecular flexibility index (Phi) is 25.5. The topological polar surface area (TPSA) is 389 Å². The normalized spacial score (nSPS) is 14.4. The molecule has 0 radical (unpaired) electrons. The number of unbranched alkanes of at least 4 members (excludes halogenated alkanes) is 3. The monoisotopic (exact) mass is 772 g/mol. The van der Waals surface area contributed by atoms with E-state index >= 15 is 0 Å². The highest BCUT2D eigenvalue weighted by Gasteiger charge is 2.33. The molecule has 0 aromatic carbocycles. The zero-order chi connectivity index (χ0) is 41.2. The molecule has 0 aromatic rings. The SMILES string of the molecule is CC(C)[C@H](NC(=O)[C@H](CCCCN)NC(=O)[C@H](CCCCN)NC(=O)[C@H](CCCCN)NC(=O)[C@H](CCCN=C(N)N)NC(=O)[C@@H](N)CC(=O)O)C(=O)O. The first-order valence-corrected chi connectivity index (χ1v) is 18.4. The number of carbonyl (C=O) groups excluding carboxylic acids is 5. The van der Waals surface area contributed by atoms with E-state index in [0.29, 0.717) is 58.2 Å². The first-order chi connectivity index (χ1) is 25.5. The molecule has 0 unspecified atom stereocenters. The number of nitrogens with one attached hydrogen (secondary N) is 5. The van der Waals surface area contributed by atoms with Crippen molar-refractivity contribution in [3.05, 3.63) is 0 Å². The number of nitrogens with two attached hydrogens (primary N) is 6. The van der Waals surface area contributed by atoms with Crippen LogP contribution in [-0.2, 0) is 33.6 Å². The van der Waals surface area contributed by atoms with Gasteiger partial charge in [-0.1, -0.05) is 13.8 Å². The number of rotatable bonds is 30. The minimum absolute atomic E-state index is 0.0114. The predicted octanol–water partition coefficient (Wildman–Crippen LogP) is -3.61. The lowest BCUT2D eigenvalue weighted by Crippen LogP contribution is -2.59. The van der Waals surface area contributed by atoms with Gasteiger partial charge >= 0.3 is 11.9 Å². The molecule has 19 N–H and O–H groups in total. The van der Waals surface area contributed by atoms with Crippen LogP contribution < -0.4 is 61.0 Å². The molecule has 5 amide bonds. The van der Waals surface area contributed by atoms with Crippen LogP contribution >= 0.6 is 0 Å². The van der Waals surface area contributed by atoms with Gasteiger partial charge in [0.05, 0.1) is 12.5 Å². The van der Waals surface area contributed by atoms with E-state index in [1.165, 1.54) is 0 Å². The second-order valence-electron chi connectivity index (χ2n) is 13.3. The number of aliphatic imine (C=N–C) groups is 1. The lowest BCUT2D eigenvalue weighted by Gasteiger charge is -2.27. The van der Waals surface area contributed by atoms with Crippen molar-refractivity contribution < 1.29 is 43.8 Å². The van der Waals surface area contributed by atoms with Crippen LogP contribution in [0.25, 0.3) is 0 Å². The maximum atomic E-state index is 13.8. The van der Waals surface area contributed by atoms with Crippen molar-refractivity contribution in [2.75, 3.05) is 26.2 Å². The molecule has 0 rings (SSSR count). The average Bonchev–Trinajstić information content (AvgIpc) is 3.09. The molecule has 0 aliphatic carbocycles. The number of hydrogen-bond donors (Lipinski definition) is 13. The first kappa shape index (κ1) is 49.4. The predicted molar refractivity (Wildman–Crippen MR) is 201 cm³/mol. The number of guanidine groups is 1. The molecule has 0 saturated heterocycles. The van der Waals surface area contributed by atoms with E-state index in [0.717, 1.165) is 0 Å². The van der Waals surface area contributed by atoms with Crippen LogP contribution in [0, 0.1) is 5.92 Å². The second-order valence-corrected chi connectivity index (χ2v) is 13.3. The summed E-state index contributed by atoms with van der Waals surface area (Å²) in [6, 6.07) is -7.49. The molecular weight excluding hydrogens is 708 g/mol. The number of carboxylic acid groups (broad SMARTS) is 2. The van der Waals surface area contributed by atoms with Gasteiger partial charge in [0, 0.05) is 6.54 Å². The van der Waals surface area contributed by atoms with E-state index in [4.69, 9.17) is 39.5 Å². The van der Waals surface area contributed by atoms with Gasteiger partial charge in [0.15, 0.2) is 5.96 Å². The maximum Gasteiger partial charge on any atom is 0.326 e. The highest BCUT2D eigenvalue weighted by atomic mass is 16.4. The van der Waals surface area contributed by atoms with Crippen molar-refractivity contribution in [3.8, 4) is 0 Å². The molecule has 0 fully saturated rings. The van der Waals surface area contributed by atoms with Crippen LogP contribution in [0.3, 0.4) is 0 Å². The standard InChI is InChI=1S/C33H64N12O9/c1-19(2)26(32(53)54)45-31(52)23(12-5-8-16-36)44-29(50)22(11-4-7-15-35)42-28(49)21(10-3-6-14-34)43-30(51)24(13-9-17-40-33(38)39)41-27(48)20(37)18-25(46)47/h19-24,26H,3-18,34-37H2,1-2H3,(H,41,48)(H,42,49)(H,43,51)(H,44,50)(H,45,52)(H,46,47)(H,53,54)(H4,38,39,40)/t20-,21-,22-,23-,24-,26-/m0/s1. The molecule has 0 bridgehead atoms. The Balaban J connectivity index is 6.34. The summed E-state index contributed by atoms with van der Waals surface area (Å²) in [5, 5.41) is 31.5. The van der Waals surface area contributed by atoms with Gasteiger partial charge in [-0.05, 0) is 96.2 Å². The number of hydrogen-bond acceptors (Lipinski definition) is 12. The van der Waals surface area contributed by atoms with E-state index in [1.807, 2.05) is 0 Å². The number of carbonyl (C=O) groups is 7. The molecule has 0 aliphatic rings. The third-order valence-corrected chi connectivity index (χ3v) is 8.28. The molecule has 0 heterocycles. The molecule has 54 heavy (non-hydrogen) atoms. The Morgan fingerprint density at radius 2 is 0.907 bits per heavy atom. The maximum absolute atomic E-state index is 13.8. The Morgan fingerprint density at radius 3 is 1.22 bits per heavy atom. The van der Waals surface area contributed by atoms with Gasteiger partial charge < -0.3 is 71.2 Å². The zero-order valence-electron chi connectivity index (χ0n) is 31.5. The molecule has 0 saturated carbocycles. The van der Waals surface area contributed by atoms with E-state index in [2.05, 4.69) is 31.6 Å². The second kappa shape index (κ2) is 27.9. The van der Waals surface area contributed by atoms with Gasteiger partial charge in [-0.15, -0.1) is 0 Å². The van der Waals surface area contributed by atoms with Crippen LogP contribution in [0.5, 0.6) is 0 Å². The lowest BCUT2D eigenvalue weighted by molar-refractivity contribution is -0.143. The van der Waals surface area contributed by atoms with E-state index in [9.17, 15) is 38.7 Å². The summed E-state index contributed by atoms with van der Waals surface area (Å²) in [7, 11) is 0. The lowest BCUT2D eigenvalue weighted by atomic mass is 10.0. The summed E-state index contributed by atoms with van der Waals surface area (Å²) in [5.41, 5.74) is 33.4. The Bertz CT molecular complexity index is 1230. The van der Waals surface area contributed by atoms with Crippen LogP contribution in [0.1, 0.15) is 90.9 Å². The highest BCUT2D eigenvalue weighted by molar-refractivity contribution is 5.96. The summed E-state index contributed by atoms with van der Waals surface area (Å²) < 4.78 is 0. The van der Waals surface area contributed by atoms with Gasteiger partial charge in [0.2, 0.25) is 29.5 Å². The fourth-order valence-corrected chi connectivity index (χ4v) is 5.20. The summed E-state index contributed by atoms with van der Waals surface area (Å²) in [6.45, 7) is 4.29. The van der Waals surface area contributed by atoms with E-state index < -0.39 is 90.1 Å². The third kappa shape index (κ3) is 21.2. The summed E-state index contributed by atoms with van der Waals surface area (Å²) >= 11 is 0. The summed E-state index contributed by atoms with van der Waals surface area (Å²) in [5.74, 6) is -7.06. The molecule has 0 aliphatic heterocycles. The van der Waals surface area contributed by atoms with Crippen molar-refractivity contribution >= 4 is 47.4 Å². The molecule has 0 aromatic heterocycles. The molecule has 0 spiro atoms. The quantitative estimate of drug-likeness (QED) is 0.0190. The van der Waals surface area contributed by atoms with Crippen molar-refractivity contribution in [1.82, 2.24) is 26.6 Å². The van der Waals surface area contributed by atoms with Gasteiger partial charge in [-0.3, -0.25) is 33.8 Å². The zero-order valence-corrected chi connectivity index (χ0v) is 31.5. The van der Waals surface area contributed by atoms with Crippen LogP contribution in [-0.4, -0.2) is 120 Å². The Morgan fingerprint density at radius 1 is 0.556 bits per heavy atom. The minimum atomic E-state index is -1.46. The molecular formula is C33H64N12O9. The van der Waals surface area contributed by atoms with Crippen LogP contribution in [0.4, 0.5) is 0 Å². The molecule has 6 atom stereocenters. The van der Waals surface area contributed by atoms with Gasteiger partial charge in [0.25, 0.3) is 0 Å². The Hall–Kier alpha value is -4.60. The van der Waals surface area contributed by atoms with Gasteiger partial charge in [-0.2, -0.15) is 0 Å². The van der Waals surface area contributed by atoms with Crippen molar-refractivity contribution in [2.24, 2.45) is 45.3 Å². The highest BCUT2D eigenvalue weighted by Crippen LogP contribution is 2.10. The third-order valence-electron chi connectivity index (χ3n) is 8.28. The fourth-order valence-electron chi connectivity index (χ4n) is 5.20. The molecule has 21 nitrogen and oxygen atoms in total. The summed E-state index contributed by atoms with van der Waals surface area (Å²) in [6.07, 6.45) is 2.65. The first-order valence-electron chi connectivity index (χ1n) is 18.4. The van der Waals surface area contributed by atoms with Crippen LogP contribution in [0.2, 0.25) is 0 Å². The van der Waals surface area contributed by atoms with E-state index in [-0.39, 0.29) is 44.6 Å². The number of aliphatic carboxylic acids is 2. The van der Waals surface area contributed by atoms with Gasteiger partial charge in [-0.25, -0.2) is 4.79 Å². The number of amides is 5. The van der Waals surface area contributed by atoms with Crippen molar-refractivity contribution in [2.45, 2.75) is 127 Å².